The molecule has 0 unspecified atom stereocenters. The summed E-state index contributed by atoms with van der Waals surface area (Å²) >= 11 is 0. The Morgan fingerprint density at radius 3 is 2.00 bits per heavy atom. The van der Waals surface area contributed by atoms with Gasteiger partial charge in [-0.15, -0.1) is 0 Å². The van der Waals surface area contributed by atoms with Crippen LogP contribution in [0.4, 0.5) is 8.78 Å². The standard InChI is InChI=1S/C13H19F2NO/c1-12(2,3)10-6-4-9(5-7-10)11(16)13(14,15)8-17/h4-7,11,17H,8,16H2,1-3H3/t11-/m1/s1. The van der Waals surface area contributed by atoms with Gasteiger partial charge in [-0.1, -0.05) is 45.0 Å². The number of alkyl halides is 2. The van der Waals surface area contributed by atoms with E-state index in [4.69, 9.17) is 10.8 Å². The van der Waals surface area contributed by atoms with Crippen molar-refractivity contribution >= 4 is 0 Å². The highest BCUT2D eigenvalue weighted by Gasteiger charge is 2.37. The van der Waals surface area contributed by atoms with Gasteiger partial charge in [0.1, 0.15) is 6.61 Å². The third-order valence-corrected chi connectivity index (χ3v) is 2.80. The number of aliphatic hydroxyl groups is 1. The first kappa shape index (κ1) is 14.1. The molecule has 0 aromatic heterocycles. The maximum Gasteiger partial charge on any atom is 0.289 e. The van der Waals surface area contributed by atoms with Gasteiger partial charge in [0, 0.05) is 0 Å². The number of hydrogen-bond donors (Lipinski definition) is 2. The van der Waals surface area contributed by atoms with E-state index in [-0.39, 0.29) is 5.41 Å². The summed E-state index contributed by atoms with van der Waals surface area (Å²) < 4.78 is 26.4. The lowest BCUT2D eigenvalue weighted by atomic mass is 9.86. The van der Waals surface area contributed by atoms with Crippen LogP contribution in [0.2, 0.25) is 0 Å². The van der Waals surface area contributed by atoms with Crippen molar-refractivity contribution in [2.24, 2.45) is 5.73 Å². The fraction of sp³-hybridized carbons (Fsp3) is 0.538. The van der Waals surface area contributed by atoms with Crippen molar-refractivity contribution in [3.8, 4) is 0 Å². The number of aliphatic hydroxyl groups excluding tert-OH is 1. The van der Waals surface area contributed by atoms with Crippen LogP contribution in [0.15, 0.2) is 24.3 Å². The fourth-order valence-electron chi connectivity index (χ4n) is 1.53. The second kappa shape index (κ2) is 4.70. The summed E-state index contributed by atoms with van der Waals surface area (Å²) in [7, 11) is 0. The molecule has 1 aromatic carbocycles. The number of benzene rings is 1. The lowest BCUT2D eigenvalue weighted by Gasteiger charge is -2.23. The average molecular weight is 243 g/mol. The van der Waals surface area contributed by atoms with Gasteiger partial charge in [0.25, 0.3) is 5.92 Å². The molecular weight excluding hydrogens is 224 g/mol. The minimum Gasteiger partial charge on any atom is -0.390 e. The highest BCUT2D eigenvalue weighted by molar-refractivity contribution is 5.30. The Morgan fingerprint density at radius 1 is 1.18 bits per heavy atom. The Hall–Kier alpha value is -1.00. The maximum atomic E-state index is 13.2. The Kier molecular flexibility index (Phi) is 3.89. The highest BCUT2D eigenvalue weighted by Crippen LogP contribution is 2.30. The van der Waals surface area contributed by atoms with Gasteiger partial charge in [0.2, 0.25) is 0 Å². The van der Waals surface area contributed by atoms with E-state index in [0.29, 0.717) is 5.56 Å². The smallest absolute Gasteiger partial charge is 0.289 e. The second-order valence-electron chi connectivity index (χ2n) is 5.27. The number of rotatable bonds is 3. The summed E-state index contributed by atoms with van der Waals surface area (Å²) in [4.78, 5) is 0. The zero-order valence-corrected chi connectivity index (χ0v) is 10.4. The summed E-state index contributed by atoms with van der Waals surface area (Å²) in [6.45, 7) is 4.90. The van der Waals surface area contributed by atoms with Gasteiger partial charge >= 0.3 is 0 Å². The average Bonchev–Trinajstić information content (AvgIpc) is 2.27. The molecule has 0 amide bonds. The SMILES string of the molecule is CC(C)(C)c1ccc([C@@H](N)C(F)(F)CO)cc1. The quantitative estimate of drug-likeness (QED) is 0.857. The Labute approximate surface area is 100 Å². The zero-order valence-electron chi connectivity index (χ0n) is 10.4. The molecule has 0 spiro atoms. The van der Waals surface area contributed by atoms with E-state index in [1.807, 2.05) is 20.8 Å². The van der Waals surface area contributed by atoms with Crippen LogP contribution in [0, 0.1) is 0 Å². The van der Waals surface area contributed by atoms with Crippen molar-refractivity contribution in [2.75, 3.05) is 6.61 Å². The molecule has 3 N–H and O–H groups in total. The van der Waals surface area contributed by atoms with E-state index in [1.54, 1.807) is 24.3 Å². The van der Waals surface area contributed by atoms with Gasteiger partial charge in [-0.2, -0.15) is 0 Å². The van der Waals surface area contributed by atoms with Gasteiger partial charge in [-0.25, -0.2) is 8.78 Å². The summed E-state index contributed by atoms with van der Waals surface area (Å²) in [6.07, 6.45) is 0. The molecule has 0 aliphatic carbocycles. The monoisotopic (exact) mass is 243 g/mol. The lowest BCUT2D eigenvalue weighted by Crippen LogP contribution is -2.36. The first-order chi connectivity index (χ1) is 7.68. The molecule has 0 heterocycles. The molecule has 4 heteroatoms. The third kappa shape index (κ3) is 3.23. The van der Waals surface area contributed by atoms with Crippen molar-refractivity contribution in [1.82, 2.24) is 0 Å². The fourth-order valence-corrected chi connectivity index (χ4v) is 1.53. The minimum atomic E-state index is -3.29. The van der Waals surface area contributed by atoms with E-state index in [1.165, 1.54) is 0 Å². The van der Waals surface area contributed by atoms with E-state index >= 15 is 0 Å². The summed E-state index contributed by atoms with van der Waals surface area (Å²) in [5.74, 6) is -3.29. The predicted molar refractivity (Wildman–Crippen MR) is 64.1 cm³/mol. The largest absolute Gasteiger partial charge is 0.390 e. The van der Waals surface area contributed by atoms with Gasteiger partial charge in [-0.05, 0) is 16.5 Å². The minimum absolute atomic E-state index is 0.0257. The van der Waals surface area contributed by atoms with Crippen molar-refractivity contribution in [1.29, 1.82) is 0 Å². The van der Waals surface area contributed by atoms with Crippen LogP contribution >= 0.6 is 0 Å². The van der Waals surface area contributed by atoms with Crippen LogP contribution in [0.5, 0.6) is 0 Å². The third-order valence-electron chi connectivity index (χ3n) is 2.80. The Bertz CT molecular complexity index is 368. The number of nitrogens with two attached hydrogens (primary N) is 1. The number of hydrogen-bond acceptors (Lipinski definition) is 2. The molecule has 0 fully saturated rings. The van der Waals surface area contributed by atoms with Crippen LogP contribution in [0.3, 0.4) is 0 Å². The molecule has 17 heavy (non-hydrogen) atoms. The normalized spacial score (nSPS) is 14.8. The van der Waals surface area contributed by atoms with E-state index in [9.17, 15) is 8.78 Å². The highest BCUT2D eigenvalue weighted by atomic mass is 19.3. The van der Waals surface area contributed by atoms with Crippen molar-refractivity contribution < 1.29 is 13.9 Å². The predicted octanol–water partition coefficient (Wildman–Crippen LogP) is 2.61. The number of halogens is 2. The Morgan fingerprint density at radius 2 is 1.65 bits per heavy atom. The molecule has 1 atom stereocenters. The van der Waals surface area contributed by atoms with Crippen molar-refractivity contribution in [3.63, 3.8) is 0 Å². The van der Waals surface area contributed by atoms with Gasteiger partial charge in [0.05, 0.1) is 6.04 Å². The maximum absolute atomic E-state index is 13.2. The van der Waals surface area contributed by atoms with Crippen LogP contribution in [0.25, 0.3) is 0 Å². The van der Waals surface area contributed by atoms with E-state index in [2.05, 4.69) is 0 Å². The van der Waals surface area contributed by atoms with Gasteiger partial charge < -0.3 is 10.8 Å². The summed E-state index contributed by atoms with van der Waals surface area (Å²) in [5, 5.41) is 8.58. The molecule has 0 bridgehead atoms. The molecule has 1 aromatic rings. The molecule has 0 saturated heterocycles. The molecule has 0 radical (unpaired) electrons. The first-order valence-corrected chi connectivity index (χ1v) is 5.53. The molecule has 0 aliphatic rings. The van der Waals surface area contributed by atoms with Gasteiger partial charge in [-0.3, -0.25) is 0 Å². The molecule has 0 saturated carbocycles. The lowest BCUT2D eigenvalue weighted by molar-refractivity contribution is -0.0711. The van der Waals surface area contributed by atoms with Crippen molar-refractivity contribution in [3.05, 3.63) is 35.4 Å². The molecular formula is C13H19F2NO. The molecule has 2 nitrogen and oxygen atoms in total. The van der Waals surface area contributed by atoms with E-state index < -0.39 is 18.6 Å². The van der Waals surface area contributed by atoms with Crippen molar-refractivity contribution in [2.45, 2.75) is 38.2 Å². The van der Waals surface area contributed by atoms with E-state index in [0.717, 1.165) is 5.56 Å². The van der Waals surface area contributed by atoms with Crippen LogP contribution < -0.4 is 5.73 Å². The molecule has 96 valence electrons. The van der Waals surface area contributed by atoms with Crippen LogP contribution in [0.1, 0.15) is 37.9 Å². The molecule has 1 rings (SSSR count). The Balaban J connectivity index is 2.96. The molecule has 0 aliphatic heterocycles. The summed E-state index contributed by atoms with van der Waals surface area (Å²) in [6, 6.07) is 5.30. The van der Waals surface area contributed by atoms with Crippen LogP contribution in [-0.2, 0) is 5.41 Å². The topological polar surface area (TPSA) is 46.2 Å². The van der Waals surface area contributed by atoms with Gasteiger partial charge in [0.15, 0.2) is 0 Å². The zero-order chi connectivity index (χ0) is 13.3. The summed E-state index contributed by atoms with van der Waals surface area (Å²) in [5.41, 5.74) is 6.79. The second-order valence-corrected chi connectivity index (χ2v) is 5.27. The first-order valence-electron chi connectivity index (χ1n) is 5.53. The van der Waals surface area contributed by atoms with Crippen LogP contribution in [-0.4, -0.2) is 17.6 Å².